The van der Waals surface area contributed by atoms with Gasteiger partial charge in [0.25, 0.3) is 0 Å². The van der Waals surface area contributed by atoms with Crippen molar-refractivity contribution in [3.8, 4) is 11.5 Å². The summed E-state index contributed by atoms with van der Waals surface area (Å²) in [7, 11) is 0. The van der Waals surface area contributed by atoms with Crippen LogP contribution in [0.4, 0.5) is 0 Å². The lowest BCUT2D eigenvalue weighted by molar-refractivity contribution is 0.0733. The summed E-state index contributed by atoms with van der Waals surface area (Å²) in [6.45, 7) is 1.76. The third kappa shape index (κ3) is 3.22. The molecule has 0 fully saturated rings. The maximum absolute atomic E-state index is 12.6. The van der Waals surface area contributed by atoms with E-state index in [1.165, 1.54) is 12.4 Å². The zero-order valence-electron chi connectivity index (χ0n) is 14.5. The van der Waals surface area contributed by atoms with Crippen LogP contribution in [-0.2, 0) is 0 Å². The van der Waals surface area contributed by atoms with Gasteiger partial charge in [-0.2, -0.15) is 0 Å². The molecule has 0 unspecified atom stereocenters. The van der Waals surface area contributed by atoms with Crippen molar-refractivity contribution in [1.29, 1.82) is 0 Å². The Bertz CT molecular complexity index is 1060. The van der Waals surface area contributed by atoms with E-state index in [1.54, 1.807) is 37.3 Å². The molecule has 4 rings (SSSR count). The standard InChI is InChI=1S/C22H15NO4/c1-14-18(27-22(25)16-9-11-23-12-10-16)8-7-17-20(24)19(26-21(14)17)13-15-5-3-2-4-6-15/h2-13H,1H3/b19-13-. The van der Waals surface area contributed by atoms with E-state index in [9.17, 15) is 9.59 Å². The van der Waals surface area contributed by atoms with Crippen molar-refractivity contribution < 1.29 is 19.1 Å². The Balaban J connectivity index is 1.63. The fourth-order valence-electron chi connectivity index (χ4n) is 2.83. The van der Waals surface area contributed by atoms with Crippen LogP contribution in [0.25, 0.3) is 6.08 Å². The van der Waals surface area contributed by atoms with Gasteiger partial charge in [-0.15, -0.1) is 0 Å². The van der Waals surface area contributed by atoms with E-state index in [-0.39, 0.29) is 11.5 Å². The van der Waals surface area contributed by atoms with Crippen molar-refractivity contribution in [2.24, 2.45) is 0 Å². The number of benzene rings is 2. The van der Waals surface area contributed by atoms with Crippen LogP contribution in [-0.4, -0.2) is 16.7 Å². The molecule has 5 nitrogen and oxygen atoms in total. The number of hydrogen-bond acceptors (Lipinski definition) is 5. The molecule has 0 radical (unpaired) electrons. The van der Waals surface area contributed by atoms with Crippen molar-refractivity contribution in [2.45, 2.75) is 6.92 Å². The van der Waals surface area contributed by atoms with Crippen LogP contribution in [0, 0.1) is 6.92 Å². The number of ether oxygens (including phenoxy) is 2. The topological polar surface area (TPSA) is 65.5 Å². The van der Waals surface area contributed by atoms with Crippen LogP contribution in [0.3, 0.4) is 0 Å². The minimum absolute atomic E-state index is 0.191. The maximum atomic E-state index is 12.6. The molecule has 0 saturated carbocycles. The van der Waals surface area contributed by atoms with Crippen LogP contribution in [0.1, 0.15) is 31.8 Å². The average Bonchev–Trinajstić information content (AvgIpc) is 3.02. The van der Waals surface area contributed by atoms with Gasteiger partial charge in [-0.3, -0.25) is 9.78 Å². The number of hydrogen-bond donors (Lipinski definition) is 0. The van der Waals surface area contributed by atoms with E-state index >= 15 is 0 Å². The molecular formula is C22H15NO4. The van der Waals surface area contributed by atoms with Gasteiger partial charge >= 0.3 is 5.97 Å². The fourth-order valence-corrected chi connectivity index (χ4v) is 2.83. The summed E-state index contributed by atoms with van der Waals surface area (Å²) in [6, 6.07) is 15.8. The second kappa shape index (κ2) is 6.88. The van der Waals surface area contributed by atoms with Gasteiger partial charge in [0.2, 0.25) is 5.78 Å². The van der Waals surface area contributed by atoms with Crippen molar-refractivity contribution in [1.82, 2.24) is 4.98 Å². The Labute approximate surface area is 155 Å². The number of carbonyl (C=O) groups excluding carboxylic acids is 2. The Morgan fingerprint density at radius 1 is 1.04 bits per heavy atom. The molecule has 2 heterocycles. The molecule has 2 aromatic carbocycles. The summed E-state index contributed by atoms with van der Waals surface area (Å²) in [4.78, 5) is 28.7. The first-order chi connectivity index (χ1) is 13.1. The summed E-state index contributed by atoms with van der Waals surface area (Å²) < 4.78 is 11.3. The number of carbonyl (C=O) groups is 2. The molecule has 1 aliphatic rings. The molecule has 0 amide bonds. The number of esters is 1. The predicted molar refractivity (Wildman–Crippen MR) is 99.8 cm³/mol. The molecule has 132 valence electrons. The highest BCUT2D eigenvalue weighted by molar-refractivity contribution is 6.15. The number of fused-ring (bicyclic) bond motifs is 1. The smallest absolute Gasteiger partial charge is 0.343 e. The van der Waals surface area contributed by atoms with Crippen LogP contribution < -0.4 is 9.47 Å². The molecule has 0 spiro atoms. The molecule has 0 aliphatic carbocycles. The van der Waals surface area contributed by atoms with Gasteiger partial charge < -0.3 is 9.47 Å². The first kappa shape index (κ1) is 16.7. The van der Waals surface area contributed by atoms with Gasteiger partial charge in [-0.05, 0) is 42.8 Å². The van der Waals surface area contributed by atoms with Crippen LogP contribution >= 0.6 is 0 Å². The predicted octanol–water partition coefficient (Wildman–Crippen LogP) is 4.23. The Hall–Kier alpha value is -3.73. The molecule has 3 aromatic rings. The van der Waals surface area contributed by atoms with Crippen molar-refractivity contribution >= 4 is 17.8 Å². The molecule has 0 atom stereocenters. The number of nitrogens with zero attached hydrogens (tertiary/aromatic N) is 1. The van der Waals surface area contributed by atoms with Crippen LogP contribution in [0.5, 0.6) is 11.5 Å². The SMILES string of the molecule is Cc1c(OC(=O)c2ccncc2)ccc2c1O/C(=C\c1ccccc1)C2=O. The zero-order chi connectivity index (χ0) is 18.8. The lowest BCUT2D eigenvalue weighted by Crippen LogP contribution is -2.09. The van der Waals surface area contributed by atoms with Gasteiger partial charge in [-0.25, -0.2) is 4.79 Å². The van der Waals surface area contributed by atoms with Gasteiger partial charge in [0.15, 0.2) is 5.76 Å². The lowest BCUT2D eigenvalue weighted by atomic mass is 10.1. The second-order valence-electron chi connectivity index (χ2n) is 6.04. The third-order valence-electron chi connectivity index (χ3n) is 4.25. The summed E-state index contributed by atoms with van der Waals surface area (Å²) in [5.41, 5.74) is 2.32. The maximum Gasteiger partial charge on any atom is 0.343 e. The van der Waals surface area contributed by atoms with E-state index in [4.69, 9.17) is 9.47 Å². The molecule has 0 bridgehead atoms. The van der Waals surface area contributed by atoms with E-state index in [2.05, 4.69) is 4.98 Å². The third-order valence-corrected chi connectivity index (χ3v) is 4.25. The van der Waals surface area contributed by atoms with Gasteiger partial charge in [0.1, 0.15) is 11.5 Å². The number of ketones is 1. The molecule has 1 aliphatic heterocycles. The number of allylic oxidation sites excluding steroid dienone is 1. The normalized spacial score (nSPS) is 14.0. The number of rotatable bonds is 3. The summed E-state index contributed by atoms with van der Waals surface area (Å²) in [6.07, 6.45) is 4.74. The van der Waals surface area contributed by atoms with E-state index in [0.717, 1.165) is 5.56 Å². The molecule has 0 saturated heterocycles. The zero-order valence-corrected chi connectivity index (χ0v) is 14.5. The van der Waals surface area contributed by atoms with E-state index in [1.807, 2.05) is 30.3 Å². The molecular weight excluding hydrogens is 342 g/mol. The van der Waals surface area contributed by atoms with Crippen molar-refractivity contribution in [2.75, 3.05) is 0 Å². The number of Topliss-reactive ketones (excluding diaryl/α,β-unsaturated/α-hetero) is 1. The summed E-state index contributed by atoms with van der Waals surface area (Å²) >= 11 is 0. The quantitative estimate of drug-likeness (QED) is 0.399. The minimum Gasteiger partial charge on any atom is -0.452 e. The Kier molecular flexibility index (Phi) is 4.26. The highest BCUT2D eigenvalue weighted by Gasteiger charge is 2.30. The summed E-state index contributed by atoms with van der Waals surface area (Å²) in [5, 5.41) is 0. The first-order valence-electron chi connectivity index (χ1n) is 8.38. The largest absolute Gasteiger partial charge is 0.452 e. The summed E-state index contributed by atoms with van der Waals surface area (Å²) in [5.74, 6) is 0.331. The second-order valence-corrected chi connectivity index (χ2v) is 6.04. The van der Waals surface area contributed by atoms with Gasteiger partial charge in [0.05, 0.1) is 11.1 Å². The lowest BCUT2D eigenvalue weighted by Gasteiger charge is -2.10. The average molecular weight is 357 g/mol. The van der Waals surface area contributed by atoms with Crippen molar-refractivity contribution in [3.05, 3.63) is 95.0 Å². The fraction of sp³-hybridized carbons (Fsp3) is 0.0455. The highest BCUT2D eigenvalue weighted by Crippen LogP contribution is 2.39. The van der Waals surface area contributed by atoms with E-state index in [0.29, 0.717) is 28.2 Å². The molecule has 0 N–H and O–H groups in total. The van der Waals surface area contributed by atoms with E-state index < -0.39 is 5.97 Å². The molecule has 1 aromatic heterocycles. The number of aromatic nitrogens is 1. The number of pyridine rings is 1. The molecule has 5 heteroatoms. The van der Waals surface area contributed by atoms with Crippen LogP contribution in [0.15, 0.2) is 72.8 Å². The van der Waals surface area contributed by atoms with Gasteiger partial charge in [-0.1, -0.05) is 30.3 Å². The first-order valence-corrected chi connectivity index (χ1v) is 8.38. The molecule has 27 heavy (non-hydrogen) atoms. The minimum atomic E-state index is -0.496. The van der Waals surface area contributed by atoms with Crippen LogP contribution in [0.2, 0.25) is 0 Å². The van der Waals surface area contributed by atoms with Gasteiger partial charge in [0, 0.05) is 18.0 Å². The van der Waals surface area contributed by atoms with Crippen molar-refractivity contribution in [3.63, 3.8) is 0 Å². The monoisotopic (exact) mass is 357 g/mol. The Morgan fingerprint density at radius 3 is 2.52 bits per heavy atom. The highest BCUT2D eigenvalue weighted by atomic mass is 16.5. The Morgan fingerprint density at radius 2 is 1.78 bits per heavy atom.